The summed E-state index contributed by atoms with van der Waals surface area (Å²) in [7, 11) is 1.58. The first kappa shape index (κ1) is 14.3. The topological polar surface area (TPSA) is 92.8 Å². The molecule has 1 amide bonds. The second-order valence-corrected chi connectivity index (χ2v) is 5.31. The van der Waals surface area contributed by atoms with Crippen LogP contribution in [0.1, 0.15) is 0 Å². The molecule has 0 saturated heterocycles. The van der Waals surface area contributed by atoms with Gasteiger partial charge in [-0.15, -0.1) is 0 Å². The minimum Gasteiger partial charge on any atom is -0.497 e. The van der Waals surface area contributed by atoms with Crippen molar-refractivity contribution in [3.63, 3.8) is 0 Å². The van der Waals surface area contributed by atoms with Gasteiger partial charge in [0.15, 0.2) is 5.65 Å². The molecule has 1 aromatic carbocycles. The van der Waals surface area contributed by atoms with E-state index in [1.807, 2.05) is 18.2 Å². The molecule has 3 rings (SSSR count). The number of aromatic nitrogens is 4. The third-order valence-electron chi connectivity index (χ3n) is 2.88. The Morgan fingerprint density at radius 2 is 2.27 bits per heavy atom. The molecule has 0 radical (unpaired) electrons. The van der Waals surface area contributed by atoms with Gasteiger partial charge >= 0.3 is 0 Å². The summed E-state index contributed by atoms with van der Waals surface area (Å²) in [4.78, 5) is 27.2. The van der Waals surface area contributed by atoms with Crippen LogP contribution in [0.5, 0.6) is 5.75 Å². The lowest BCUT2D eigenvalue weighted by Crippen LogP contribution is -2.14. The zero-order valence-corrected chi connectivity index (χ0v) is 12.6. The molecule has 0 aliphatic rings. The van der Waals surface area contributed by atoms with Crippen molar-refractivity contribution in [2.24, 2.45) is 0 Å². The molecular weight excluding hydrogens is 302 g/mol. The van der Waals surface area contributed by atoms with Crippen molar-refractivity contribution in [1.82, 2.24) is 19.9 Å². The molecule has 0 atom stereocenters. The van der Waals surface area contributed by atoms with Gasteiger partial charge in [-0.1, -0.05) is 17.8 Å². The number of H-pyrrole nitrogens is 1. The highest BCUT2D eigenvalue weighted by atomic mass is 32.2. The van der Waals surface area contributed by atoms with Crippen molar-refractivity contribution in [3.8, 4) is 5.75 Å². The van der Waals surface area contributed by atoms with Gasteiger partial charge in [-0.25, -0.2) is 15.0 Å². The summed E-state index contributed by atoms with van der Waals surface area (Å²) in [5.41, 5.74) is 2.02. The predicted molar refractivity (Wildman–Crippen MR) is 84.0 cm³/mol. The Hall–Kier alpha value is -2.61. The number of fused-ring (bicyclic) bond motifs is 1. The van der Waals surface area contributed by atoms with Gasteiger partial charge < -0.3 is 15.0 Å². The lowest BCUT2D eigenvalue weighted by Gasteiger charge is -2.06. The number of methoxy groups -OCH3 is 1. The summed E-state index contributed by atoms with van der Waals surface area (Å²) >= 11 is 1.33. The average molecular weight is 315 g/mol. The van der Waals surface area contributed by atoms with E-state index in [4.69, 9.17) is 4.74 Å². The van der Waals surface area contributed by atoms with Crippen LogP contribution in [0.4, 0.5) is 5.69 Å². The van der Waals surface area contributed by atoms with Gasteiger partial charge in [0, 0.05) is 11.8 Å². The summed E-state index contributed by atoms with van der Waals surface area (Å²) in [5, 5.41) is 3.52. The normalized spacial score (nSPS) is 10.6. The fourth-order valence-electron chi connectivity index (χ4n) is 1.88. The van der Waals surface area contributed by atoms with E-state index in [1.165, 1.54) is 18.1 Å². The van der Waals surface area contributed by atoms with Crippen molar-refractivity contribution in [2.75, 3.05) is 18.2 Å². The van der Waals surface area contributed by atoms with Crippen LogP contribution in [0, 0.1) is 0 Å². The van der Waals surface area contributed by atoms with E-state index < -0.39 is 0 Å². The van der Waals surface area contributed by atoms with E-state index >= 15 is 0 Å². The maximum absolute atomic E-state index is 12.0. The first-order valence-electron chi connectivity index (χ1n) is 6.47. The average Bonchev–Trinajstić information content (AvgIpc) is 3.02. The number of anilines is 1. The van der Waals surface area contributed by atoms with Crippen LogP contribution in [0.3, 0.4) is 0 Å². The number of benzene rings is 1. The Balaban J connectivity index is 1.63. The van der Waals surface area contributed by atoms with E-state index in [0.717, 1.165) is 5.52 Å². The number of hydrogen-bond acceptors (Lipinski definition) is 6. The standard InChI is InChI=1S/C14H13N5O2S/c1-21-10-4-2-3-9(5-10)19-11(20)6-22-14-12-13(16-7-15-12)17-8-18-14/h2-5,7-8H,6H2,1H3,(H,19,20)(H,15,16,17,18). The van der Waals surface area contributed by atoms with E-state index in [-0.39, 0.29) is 11.7 Å². The molecule has 0 fully saturated rings. The van der Waals surface area contributed by atoms with E-state index in [0.29, 0.717) is 22.1 Å². The maximum Gasteiger partial charge on any atom is 0.234 e. The number of nitrogens with zero attached hydrogens (tertiary/aromatic N) is 3. The molecule has 0 aliphatic carbocycles. The smallest absolute Gasteiger partial charge is 0.234 e. The maximum atomic E-state index is 12.0. The Morgan fingerprint density at radius 3 is 3.14 bits per heavy atom. The number of hydrogen-bond donors (Lipinski definition) is 2. The van der Waals surface area contributed by atoms with Crippen molar-refractivity contribution in [1.29, 1.82) is 0 Å². The van der Waals surface area contributed by atoms with Crippen LogP contribution in [0.15, 0.2) is 41.9 Å². The zero-order valence-electron chi connectivity index (χ0n) is 11.7. The third-order valence-corrected chi connectivity index (χ3v) is 3.87. The highest BCUT2D eigenvalue weighted by molar-refractivity contribution is 8.00. The van der Waals surface area contributed by atoms with Gasteiger partial charge in [0.25, 0.3) is 0 Å². The minimum atomic E-state index is -0.121. The molecule has 0 unspecified atom stereocenters. The number of nitrogens with one attached hydrogen (secondary N) is 2. The number of thioether (sulfide) groups is 1. The van der Waals surface area contributed by atoms with Gasteiger partial charge in [-0.2, -0.15) is 0 Å². The largest absolute Gasteiger partial charge is 0.497 e. The first-order chi connectivity index (χ1) is 10.8. The second-order valence-electron chi connectivity index (χ2n) is 4.35. The molecule has 8 heteroatoms. The van der Waals surface area contributed by atoms with Crippen LogP contribution in [0.2, 0.25) is 0 Å². The van der Waals surface area contributed by atoms with Crippen LogP contribution in [-0.4, -0.2) is 38.7 Å². The monoisotopic (exact) mass is 315 g/mol. The number of imidazole rings is 1. The van der Waals surface area contributed by atoms with Gasteiger partial charge in [0.1, 0.15) is 22.6 Å². The summed E-state index contributed by atoms with van der Waals surface area (Å²) in [6.45, 7) is 0. The predicted octanol–water partition coefficient (Wildman–Crippen LogP) is 2.09. The fraction of sp³-hybridized carbons (Fsp3) is 0.143. The van der Waals surface area contributed by atoms with Gasteiger partial charge in [0.05, 0.1) is 19.2 Å². The van der Waals surface area contributed by atoms with Crippen LogP contribution in [0.25, 0.3) is 11.2 Å². The number of amides is 1. The molecule has 3 aromatic rings. The first-order valence-corrected chi connectivity index (χ1v) is 7.45. The summed E-state index contributed by atoms with van der Waals surface area (Å²) in [5.74, 6) is 0.812. The van der Waals surface area contributed by atoms with Gasteiger partial charge in [-0.05, 0) is 12.1 Å². The number of ether oxygens (including phenoxy) is 1. The zero-order chi connectivity index (χ0) is 15.4. The lowest BCUT2D eigenvalue weighted by molar-refractivity contribution is -0.113. The second kappa shape index (κ2) is 6.44. The van der Waals surface area contributed by atoms with Crippen molar-refractivity contribution < 1.29 is 9.53 Å². The molecule has 2 heterocycles. The Labute approximate surface area is 130 Å². The van der Waals surface area contributed by atoms with E-state index in [1.54, 1.807) is 19.5 Å². The summed E-state index contributed by atoms with van der Waals surface area (Å²) in [6, 6.07) is 7.21. The van der Waals surface area contributed by atoms with Crippen molar-refractivity contribution in [3.05, 3.63) is 36.9 Å². The fourth-order valence-corrected chi connectivity index (χ4v) is 2.64. The minimum absolute atomic E-state index is 0.121. The number of rotatable bonds is 5. The highest BCUT2D eigenvalue weighted by Gasteiger charge is 2.09. The molecule has 0 spiro atoms. The molecule has 22 heavy (non-hydrogen) atoms. The van der Waals surface area contributed by atoms with Crippen LogP contribution >= 0.6 is 11.8 Å². The van der Waals surface area contributed by atoms with Crippen LogP contribution in [-0.2, 0) is 4.79 Å². The summed E-state index contributed by atoms with van der Waals surface area (Å²) in [6.07, 6.45) is 2.99. The lowest BCUT2D eigenvalue weighted by atomic mass is 10.3. The van der Waals surface area contributed by atoms with E-state index in [2.05, 4.69) is 25.3 Å². The number of aromatic amines is 1. The van der Waals surface area contributed by atoms with Crippen molar-refractivity contribution in [2.45, 2.75) is 5.03 Å². The quantitative estimate of drug-likeness (QED) is 0.553. The molecule has 2 N–H and O–H groups in total. The molecular formula is C14H13N5O2S. The highest BCUT2D eigenvalue weighted by Crippen LogP contribution is 2.22. The summed E-state index contributed by atoms with van der Waals surface area (Å²) < 4.78 is 5.12. The SMILES string of the molecule is COc1cccc(NC(=O)CSc2ncnc3nc[nH]c23)c1. The van der Waals surface area contributed by atoms with E-state index in [9.17, 15) is 4.79 Å². The van der Waals surface area contributed by atoms with Gasteiger partial charge in [0.2, 0.25) is 5.91 Å². The molecule has 2 aromatic heterocycles. The Kier molecular flexibility index (Phi) is 4.19. The third kappa shape index (κ3) is 3.17. The Morgan fingerprint density at radius 1 is 1.36 bits per heavy atom. The molecule has 0 bridgehead atoms. The number of carbonyl (C=O) groups excluding carboxylic acids is 1. The van der Waals surface area contributed by atoms with Crippen LogP contribution < -0.4 is 10.1 Å². The van der Waals surface area contributed by atoms with Crippen molar-refractivity contribution >= 4 is 34.5 Å². The number of carbonyl (C=O) groups is 1. The molecule has 0 aliphatic heterocycles. The molecule has 7 nitrogen and oxygen atoms in total. The molecule has 0 saturated carbocycles. The molecule has 112 valence electrons. The van der Waals surface area contributed by atoms with Gasteiger partial charge in [-0.3, -0.25) is 4.79 Å². The Bertz CT molecular complexity index is 805.